The standard InChI is InChI=1S/C15H23NO2/c1-6-12-7-9-13(10-8-12)15(4,14(17)18)16(5)11(2)3/h7-11H,6H2,1-5H3,(H,17,18). The Morgan fingerprint density at radius 2 is 1.83 bits per heavy atom. The van der Waals surface area contributed by atoms with Crippen molar-refractivity contribution in [1.82, 2.24) is 4.90 Å². The number of aryl methyl sites for hydroxylation is 1. The second-order valence-corrected chi connectivity index (χ2v) is 5.13. The molecule has 0 amide bonds. The second kappa shape index (κ2) is 5.53. The van der Waals surface area contributed by atoms with Crippen LogP contribution in [-0.4, -0.2) is 29.1 Å². The quantitative estimate of drug-likeness (QED) is 0.872. The van der Waals surface area contributed by atoms with Gasteiger partial charge in [0.15, 0.2) is 0 Å². The summed E-state index contributed by atoms with van der Waals surface area (Å²) >= 11 is 0. The van der Waals surface area contributed by atoms with E-state index in [1.165, 1.54) is 5.56 Å². The van der Waals surface area contributed by atoms with Crippen LogP contribution >= 0.6 is 0 Å². The fraction of sp³-hybridized carbons (Fsp3) is 0.533. The SMILES string of the molecule is CCc1ccc(C(C)(C(=O)O)N(C)C(C)C)cc1. The molecule has 1 aromatic rings. The number of carboxylic acids is 1. The van der Waals surface area contributed by atoms with E-state index in [1.54, 1.807) is 6.92 Å². The largest absolute Gasteiger partial charge is 0.480 e. The zero-order valence-corrected chi connectivity index (χ0v) is 11.9. The first-order valence-corrected chi connectivity index (χ1v) is 6.39. The number of nitrogens with zero attached hydrogens (tertiary/aromatic N) is 1. The van der Waals surface area contributed by atoms with Gasteiger partial charge in [0.05, 0.1) is 0 Å². The van der Waals surface area contributed by atoms with Crippen LogP contribution in [0.1, 0.15) is 38.8 Å². The van der Waals surface area contributed by atoms with Gasteiger partial charge in [-0.3, -0.25) is 4.90 Å². The summed E-state index contributed by atoms with van der Waals surface area (Å²) in [5, 5.41) is 9.59. The van der Waals surface area contributed by atoms with E-state index in [0.717, 1.165) is 12.0 Å². The lowest BCUT2D eigenvalue weighted by molar-refractivity contribution is -0.151. The molecule has 100 valence electrons. The van der Waals surface area contributed by atoms with Gasteiger partial charge < -0.3 is 5.11 Å². The van der Waals surface area contributed by atoms with E-state index in [-0.39, 0.29) is 6.04 Å². The number of hydrogen-bond acceptors (Lipinski definition) is 2. The third-order valence-corrected chi connectivity index (χ3v) is 3.82. The highest BCUT2D eigenvalue weighted by Gasteiger charge is 2.40. The summed E-state index contributed by atoms with van der Waals surface area (Å²) < 4.78 is 0. The Morgan fingerprint density at radius 3 is 2.17 bits per heavy atom. The number of carboxylic acid groups (broad SMARTS) is 1. The lowest BCUT2D eigenvalue weighted by Gasteiger charge is -2.38. The monoisotopic (exact) mass is 249 g/mol. The molecule has 0 aliphatic heterocycles. The van der Waals surface area contributed by atoms with Gasteiger partial charge in [0.2, 0.25) is 0 Å². The number of benzene rings is 1. The van der Waals surface area contributed by atoms with Crippen LogP contribution in [0.15, 0.2) is 24.3 Å². The molecule has 1 unspecified atom stereocenters. The molecule has 1 atom stereocenters. The zero-order chi connectivity index (χ0) is 13.9. The van der Waals surface area contributed by atoms with Gasteiger partial charge in [0.1, 0.15) is 5.54 Å². The maximum Gasteiger partial charge on any atom is 0.328 e. The van der Waals surface area contributed by atoms with Crippen LogP contribution in [-0.2, 0) is 16.8 Å². The number of aliphatic carboxylic acids is 1. The van der Waals surface area contributed by atoms with E-state index in [9.17, 15) is 9.90 Å². The number of carbonyl (C=O) groups is 1. The van der Waals surface area contributed by atoms with Crippen molar-refractivity contribution >= 4 is 5.97 Å². The lowest BCUT2D eigenvalue weighted by Crippen LogP contribution is -2.50. The fourth-order valence-electron chi connectivity index (χ4n) is 2.06. The second-order valence-electron chi connectivity index (χ2n) is 5.13. The molecule has 1 rings (SSSR count). The molecule has 0 saturated heterocycles. The maximum atomic E-state index is 11.7. The highest BCUT2D eigenvalue weighted by molar-refractivity contribution is 5.80. The van der Waals surface area contributed by atoms with Crippen LogP contribution in [0.5, 0.6) is 0 Å². The molecular formula is C15H23NO2. The molecule has 0 aromatic heterocycles. The summed E-state index contributed by atoms with van der Waals surface area (Å²) in [5.74, 6) is -0.817. The first kappa shape index (κ1) is 14.7. The molecule has 3 nitrogen and oxygen atoms in total. The molecular weight excluding hydrogens is 226 g/mol. The van der Waals surface area contributed by atoms with E-state index >= 15 is 0 Å². The predicted molar refractivity (Wildman–Crippen MR) is 73.7 cm³/mol. The molecule has 0 heterocycles. The van der Waals surface area contributed by atoms with Crippen LogP contribution in [0.4, 0.5) is 0 Å². The van der Waals surface area contributed by atoms with Gasteiger partial charge >= 0.3 is 5.97 Å². The summed E-state index contributed by atoms with van der Waals surface area (Å²) in [4.78, 5) is 13.6. The Balaban J connectivity index is 3.22. The van der Waals surface area contributed by atoms with Gasteiger partial charge in [-0.25, -0.2) is 4.79 Å². The molecule has 0 saturated carbocycles. The van der Waals surface area contributed by atoms with E-state index in [2.05, 4.69) is 6.92 Å². The van der Waals surface area contributed by atoms with E-state index in [4.69, 9.17) is 0 Å². The minimum atomic E-state index is -0.986. The normalized spacial score (nSPS) is 14.8. The van der Waals surface area contributed by atoms with Crippen molar-refractivity contribution in [1.29, 1.82) is 0 Å². The van der Waals surface area contributed by atoms with Crippen molar-refractivity contribution in [3.8, 4) is 0 Å². The minimum absolute atomic E-state index is 0.164. The Morgan fingerprint density at radius 1 is 1.33 bits per heavy atom. The Kier molecular flexibility index (Phi) is 4.52. The molecule has 18 heavy (non-hydrogen) atoms. The Labute approximate surface area is 109 Å². The van der Waals surface area contributed by atoms with E-state index in [0.29, 0.717) is 0 Å². The van der Waals surface area contributed by atoms with Gasteiger partial charge in [0, 0.05) is 6.04 Å². The highest BCUT2D eigenvalue weighted by atomic mass is 16.4. The summed E-state index contributed by atoms with van der Waals surface area (Å²) in [6.45, 7) is 7.85. The zero-order valence-electron chi connectivity index (χ0n) is 11.9. The molecule has 1 aromatic carbocycles. The molecule has 0 radical (unpaired) electrons. The predicted octanol–water partition coefficient (Wildman–Crippen LogP) is 2.89. The van der Waals surface area contributed by atoms with Crippen molar-refractivity contribution < 1.29 is 9.90 Å². The third-order valence-electron chi connectivity index (χ3n) is 3.82. The topological polar surface area (TPSA) is 40.5 Å². The van der Waals surface area contributed by atoms with Crippen LogP contribution in [0.3, 0.4) is 0 Å². The fourth-order valence-corrected chi connectivity index (χ4v) is 2.06. The molecule has 1 N–H and O–H groups in total. The van der Waals surface area contributed by atoms with Crippen LogP contribution in [0.2, 0.25) is 0 Å². The molecule has 0 spiro atoms. The van der Waals surface area contributed by atoms with Crippen LogP contribution < -0.4 is 0 Å². The molecule has 0 fully saturated rings. The van der Waals surface area contributed by atoms with Gasteiger partial charge in [-0.2, -0.15) is 0 Å². The van der Waals surface area contributed by atoms with Crippen molar-refractivity contribution in [2.45, 2.75) is 45.7 Å². The number of likely N-dealkylation sites (N-methyl/N-ethyl adjacent to an activating group) is 1. The molecule has 0 aliphatic carbocycles. The van der Waals surface area contributed by atoms with Crippen LogP contribution in [0.25, 0.3) is 0 Å². The third kappa shape index (κ3) is 2.56. The van der Waals surface area contributed by atoms with E-state index < -0.39 is 11.5 Å². The van der Waals surface area contributed by atoms with Gasteiger partial charge in [0.25, 0.3) is 0 Å². The molecule has 0 aliphatic rings. The van der Waals surface area contributed by atoms with Crippen molar-refractivity contribution in [3.63, 3.8) is 0 Å². The smallest absolute Gasteiger partial charge is 0.328 e. The number of rotatable bonds is 5. The summed E-state index contributed by atoms with van der Waals surface area (Å²) in [6.07, 6.45) is 0.962. The molecule has 0 bridgehead atoms. The van der Waals surface area contributed by atoms with Gasteiger partial charge in [-0.05, 0) is 45.4 Å². The number of hydrogen-bond donors (Lipinski definition) is 1. The van der Waals surface area contributed by atoms with Crippen molar-refractivity contribution in [3.05, 3.63) is 35.4 Å². The lowest BCUT2D eigenvalue weighted by atomic mass is 9.88. The Hall–Kier alpha value is -1.35. The summed E-state index contributed by atoms with van der Waals surface area (Å²) in [6, 6.07) is 8.02. The maximum absolute atomic E-state index is 11.7. The minimum Gasteiger partial charge on any atom is -0.480 e. The molecule has 3 heteroatoms. The highest BCUT2D eigenvalue weighted by Crippen LogP contribution is 2.29. The summed E-state index contributed by atoms with van der Waals surface area (Å²) in [7, 11) is 1.85. The first-order valence-electron chi connectivity index (χ1n) is 6.39. The first-order chi connectivity index (χ1) is 8.33. The van der Waals surface area contributed by atoms with Gasteiger partial charge in [-0.15, -0.1) is 0 Å². The van der Waals surface area contributed by atoms with Gasteiger partial charge in [-0.1, -0.05) is 31.2 Å². The van der Waals surface area contributed by atoms with Crippen molar-refractivity contribution in [2.75, 3.05) is 7.05 Å². The van der Waals surface area contributed by atoms with Crippen molar-refractivity contribution in [2.24, 2.45) is 0 Å². The average Bonchev–Trinajstić information content (AvgIpc) is 2.36. The van der Waals surface area contributed by atoms with Crippen LogP contribution in [0, 0.1) is 0 Å². The summed E-state index contributed by atoms with van der Waals surface area (Å²) in [5.41, 5.74) is 1.06. The Bertz CT molecular complexity index is 411. The van der Waals surface area contributed by atoms with E-state index in [1.807, 2.05) is 50.1 Å². The average molecular weight is 249 g/mol.